The highest BCUT2D eigenvalue weighted by Gasteiger charge is 2.05. The number of hydrogen-bond acceptors (Lipinski definition) is 3. The van der Waals surface area contributed by atoms with E-state index in [4.69, 9.17) is 9.84 Å². The van der Waals surface area contributed by atoms with E-state index in [-0.39, 0.29) is 11.7 Å². The van der Waals surface area contributed by atoms with Crippen molar-refractivity contribution in [1.29, 1.82) is 0 Å². The number of phenols is 1. The Kier molecular flexibility index (Phi) is 4.56. The van der Waals surface area contributed by atoms with Crippen LogP contribution in [0.1, 0.15) is 22.3 Å². The Morgan fingerprint density at radius 2 is 1.68 bits per heavy atom. The summed E-state index contributed by atoms with van der Waals surface area (Å²) in [7, 11) is 0. The third-order valence-electron chi connectivity index (χ3n) is 2.79. The summed E-state index contributed by atoms with van der Waals surface area (Å²) in [5.74, 6) is -0.0226. The Hall–Kier alpha value is -2.29. The maximum atomic E-state index is 11.6. The van der Waals surface area contributed by atoms with E-state index in [1.54, 1.807) is 24.3 Å². The Morgan fingerprint density at radius 3 is 2.37 bits per heavy atom. The average molecular weight is 256 g/mol. The molecule has 0 atom stereocenters. The topological polar surface area (TPSA) is 46.5 Å². The van der Waals surface area contributed by atoms with E-state index in [9.17, 15) is 4.79 Å². The molecule has 0 aliphatic carbocycles. The number of carbonyl (C=O) groups is 1. The van der Waals surface area contributed by atoms with Gasteiger partial charge in [0.15, 0.2) is 0 Å². The molecular formula is C16H16O3. The molecule has 0 unspecified atom stereocenters. The molecule has 0 bridgehead atoms. The monoisotopic (exact) mass is 256 g/mol. The summed E-state index contributed by atoms with van der Waals surface area (Å²) in [5, 5.41) is 9.16. The molecule has 0 radical (unpaired) electrons. The molecule has 98 valence electrons. The fraction of sp³-hybridized carbons (Fsp3) is 0.188. The van der Waals surface area contributed by atoms with Gasteiger partial charge in [0.25, 0.3) is 0 Å². The lowest BCUT2D eigenvalue weighted by molar-refractivity contribution is 0.0500. The molecule has 3 heteroatoms. The molecule has 0 saturated carbocycles. The minimum absolute atomic E-state index is 0.263. The molecule has 0 aliphatic rings. The quantitative estimate of drug-likeness (QED) is 0.660. The first-order valence-electron chi connectivity index (χ1n) is 6.26. The summed E-state index contributed by atoms with van der Waals surface area (Å²) in [6, 6.07) is 16.0. The van der Waals surface area contributed by atoms with Gasteiger partial charge in [0.05, 0.1) is 12.2 Å². The summed E-state index contributed by atoms with van der Waals surface area (Å²) >= 11 is 0. The predicted molar refractivity (Wildman–Crippen MR) is 73.2 cm³/mol. The number of aromatic hydroxyl groups is 1. The smallest absolute Gasteiger partial charge is 0.338 e. The van der Waals surface area contributed by atoms with E-state index in [1.807, 2.05) is 30.3 Å². The molecule has 2 rings (SSSR count). The van der Waals surface area contributed by atoms with E-state index in [2.05, 4.69) is 0 Å². The first kappa shape index (κ1) is 13.1. The van der Waals surface area contributed by atoms with Crippen LogP contribution in [0.5, 0.6) is 5.75 Å². The molecule has 3 nitrogen and oxygen atoms in total. The molecule has 2 aromatic rings. The number of ether oxygens (including phenoxy) is 1. The van der Waals surface area contributed by atoms with E-state index in [0.29, 0.717) is 12.2 Å². The first-order valence-corrected chi connectivity index (χ1v) is 6.26. The minimum Gasteiger partial charge on any atom is -0.508 e. The molecule has 0 amide bonds. The van der Waals surface area contributed by atoms with E-state index < -0.39 is 0 Å². The third-order valence-corrected chi connectivity index (χ3v) is 2.79. The van der Waals surface area contributed by atoms with Gasteiger partial charge in [0.2, 0.25) is 0 Å². The number of carbonyl (C=O) groups excluding carboxylic acids is 1. The van der Waals surface area contributed by atoms with Crippen molar-refractivity contribution in [2.24, 2.45) is 0 Å². The van der Waals surface area contributed by atoms with Crippen LogP contribution >= 0.6 is 0 Å². The summed E-state index contributed by atoms with van der Waals surface area (Å²) in [5.41, 5.74) is 1.70. The lowest BCUT2D eigenvalue weighted by atomic mass is 10.1. The number of aryl methyl sites for hydroxylation is 1. The molecule has 1 N–H and O–H groups in total. The zero-order chi connectivity index (χ0) is 13.5. The van der Waals surface area contributed by atoms with Crippen LogP contribution in [0.2, 0.25) is 0 Å². The van der Waals surface area contributed by atoms with Crippen LogP contribution in [0.4, 0.5) is 0 Å². The number of phenolic OH excluding ortho intramolecular Hbond substituents is 1. The normalized spacial score (nSPS) is 10.1. The van der Waals surface area contributed by atoms with Crippen LogP contribution in [0.15, 0.2) is 54.6 Å². The zero-order valence-corrected chi connectivity index (χ0v) is 10.6. The SMILES string of the molecule is O=C(OCCCc1ccc(O)cc1)c1ccccc1. The Bertz CT molecular complexity index is 517. The van der Waals surface area contributed by atoms with Crippen molar-refractivity contribution in [1.82, 2.24) is 0 Å². The highest BCUT2D eigenvalue weighted by molar-refractivity contribution is 5.89. The summed E-state index contributed by atoms with van der Waals surface area (Å²) in [4.78, 5) is 11.6. The van der Waals surface area contributed by atoms with Crippen molar-refractivity contribution in [2.75, 3.05) is 6.61 Å². The lowest BCUT2D eigenvalue weighted by Gasteiger charge is -2.05. The highest BCUT2D eigenvalue weighted by atomic mass is 16.5. The fourth-order valence-corrected chi connectivity index (χ4v) is 1.76. The van der Waals surface area contributed by atoms with Crippen molar-refractivity contribution < 1.29 is 14.6 Å². The number of esters is 1. The Labute approximate surface area is 112 Å². The van der Waals surface area contributed by atoms with Crippen LogP contribution in [0.25, 0.3) is 0 Å². The van der Waals surface area contributed by atoms with Crippen LogP contribution < -0.4 is 0 Å². The molecule has 0 aromatic heterocycles. The second-order valence-electron chi connectivity index (χ2n) is 4.27. The summed E-state index contributed by atoms with van der Waals surface area (Å²) in [6.07, 6.45) is 1.59. The Morgan fingerprint density at radius 1 is 1.00 bits per heavy atom. The molecule has 0 aliphatic heterocycles. The number of hydrogen-bond donors (Lipinski definition) is 1. The van der Waals surface area contributed by atoms with Crippen LogP contribution in [0, 0.1) is 0 Å². The largest absolute Gasteiger partial charge is 0.508 e. The maximum Gasteiger partial charge on any atom is 0.338 e. The fourth-order valence-electron chi connectivity index (χ4n) is 1.76. The second-order valence-corrected chi connectivity index (χ2v) is 4.27. The second kappa shape index (κ2) is 6.59. The molecule has 0 spiro atoms. The van der Waals surface area contributed by atoms with Gasteiger partial charge in [0.1, 0.15) is 5.75 Å². The van der Waals surface area contributed by atoms with Gasteiger partial charge in [-0.15, -0.1) is 0 Å². The standard InChI is InChI=1S/C16H16O3/c17-15-10-8-13(9-11-15)5-4-12-19-16(18)14-6-2-1-3-7-14/h1-3,6-11,17H,4-5,12H2. The molecule has 0 fully saturated rings. The molecular weight excluding hydrogens is 240 g/mol. The number of benzene rings is 2. The van der Waals surface area contributed by atoms with Gasteiger partial charge < -0.3 is 9.84 Å². The zero-order valence-electron chi connectivity index (χ0n) is 10.6. The molecule has 0 saturated heterocycles. The van der Waals surface area contributed by atoms with Gasteiger partial charge in [0, 0.05) is 0 Å². The van der Waals surface area contributed by atoms with E-state index in [1.165, 1.54) is 0 Å². The first-order chi connectivity index (χ1) is 9.25. The third kappa shape index (κ3) is 4.14. The van der Waals surface area contributed by atoms with Crippen molar-refractivity contribution >= 4 is 5.97 Å². The molecule has 2 aromatic carbocycles. The highest BCUT2D eigenvalue weighted by Crippen LogP contribution is 2.11. The van der Waals surface area contributed by atoms with Crippen LogP contribution in [0.3, 0.4) is 0 Å². The lowest BCUT2D eigenvalue weighted by Crippen LogP contribution is -2.06. The summed E-state index contributed by atoms with van der Waals surface area (Å²) in [6.45, 7) is 0.397. The predicted octanol–water partition coefficient (Wildman–Crippen LogP) is 3.18. The number of rotatable bonds is 5. The average Bonchev–Trinajstić information content (AvgIpc) is 2.46. The van der Waals surface area contributed by atoms with Gasteiger partial charge in [-0.25, -0.2) is 4.79 Å². The van der Waals surface area contributed by atoms with Crippen molar-refractivity contribution in [3.05, 3.63) is 65.7 Å². The van der Waals surface area contributed by atoms with Gasteiger partial charge >= 0.3 is 5.97 Å². The van der Waals surface area contributed by atoms with Crippen molar-refractivity contribution in [3.8, 4) is 5.75 Å². The van der Waals surface area contributed by atoms with Crippen molar-refractivity contribution in [2.45, 2.75) is 12.8 Å². The van der Waals surface area contributed by atoms with Gasteiger partial charge in [-0.3, -0.25) is 0 Å². The summed E-state index contributed by atoms with van der Waals surface area (Å²) < 4.78 is 5.19. The maximum absolute atomic E-state index is 11.6. The van der Waals surface area contributed by atoms with Crippen LogP contribution in [-0.2, 0) is 11.2 Å². The Balaban J connectivity index is 1.72. The van der Waals surface area contributed by atoms with Crippen LogP contribution in [-0.4, -0.2) is 17.7 Å². The van der Waals surface area contributed by atoms with E-state index in [0.717, 1.165) is 18.4 Å². The molecule has 0 heterocycles. The van der Waals surface area contributed by atoms with Gasteiger partial charge in [-0.2, -0.15) is 0 Å². The van der Waals surface area contributed by atoms with E-state index >= 15 is 0 Å². The minimum atomic E-state index is -0.286. The van der Waals surface area contributed by atoms with Crippen molar-refractivity contribution in [3.63, 3.8) is 0 Å². The molecule has 19 heavy (non-hydrogen) atoms. The van der Waals surface area contributed by atoms with Gasteiger partial charge in [-0.05, 0) is 42.7 Å². The van der Waals surface area contributed by atoms with Gasteiger partial charge in [-0.1, -0.05) is 30.3 Å².